The molecule has 6 heavy (non-hydrogen) atoms. The van der Waals surface area contributed by atoms with Gasteiger partial charge in [-0.15, -0.1) is 0 Å². The first-order valence-corrected chi connectivity index (χ1v) is 1.87. The van der Waals surface area contributed by atoms with Crippen LogP contribution in [0.2, 0.25) is 0 Å². The van der Waals surface area contributed by atoms with Crippen molar-refractivity contribution >= 4 is 6.79 Å². The molecule has 0 bridgehead atoms. The third-order valence-electron chi connectivity index (χ3n) is 0.577. The second kappa shape index (κ2) is 4.63. The van der Waals surface area contributed by atoms with Crippen LogP contribution < -0.4 is 0 Å². The Bertz CT molecular complexity index is 20.7. The molecule has 0 radical (unpaired) electrons. The first-order valence-electron chi connectivity index (χ1n) is 1.87. The van der Waals surface area contributed by atoms with Gasteiger partial charge in [-0.3, -0.25) is 0 Å². The first-order chi connectivity index (χ1) is 3.00. The lowest BCUT2D eigenvalue weighted by atomic mass is 10.4. The van der Waals surface area contributed by atoms with E-state index < -0.39 is 0 Å². The highest BCUT2D eigenvalue weighted by molar-refractivity contribution is 5.10. The molecule has 2 heteroatoms. The summed E-state index contributed by atoms with van der Waals surface area (Å²) < 4.78 is 4.72. The number of rotatable bonds is 0. The number of hydrogen-bond acceptors (Lipinski definition) is 2. The highest BCUT2D eigenvalue weighted by Gasteiger charge is 1.94. The Morgan fingerprint density at radius 2 is 1.50 bits per heavy atom. The highest BCUT2D eigenvalue weighted by atomic mass is 16.5. The third kappa shape index (κ3) is 1.91. The van der Waals surface area contributed by atoms with Crippen molar-refractivity contribution in [1.82, 2.24) is 0 Å². The highest BCUT2D eigenvalue weighted by Crippen LogP contribution is 1.92. The molecule has 1 saturated heterocycles. The van der Waals surface area contributed by atoms with E-state index in [2.05, 4.69) is 0 Å². The molecule has 2 nitrogen and oxygen atoms in total. The number of carbonyl (C=O) groups is 1. The molecule has 1 rings (SSSR count). The van der Waals surface area contributed by atoms with E-state index in [9.17, 15) is 0 Å². The molecule has 0 aromatic rings. The number of carbonyl (C=O) groups excluding carboxylic acids is 1. The van der Waals surface area contributed by atoms with Gasteiger partial charge in [0.25, 0.3) is 0 Å². The van der Waals surface area contributed by atoms with Crippen LogP contribution in [-0.2, 0) is 9.53 Å². The quantitative estimate of drug-likeness (QED) is 0.423. The Morgan fingerprint density at radius 1 is 1.33 bits per heavy atom. The van der Waals surface area contributed by atoms with Crippen LogP contribution in [0.4, 0.5) is 0 Å². The Balaban J connectivity index is 0.000000112. The summed E-state index contributed by atoms with van der Waals surface area (Å²) in [7, 11) is 0. The average molecular weight is 88.1 g/mol. The molecule has 0 spiro atoms. The molecule has 36 valence electrons. The Labute approximate surface area is 37.1 Å². The minimum absolute atomic E-state index is 1.00. The van der Waals surface area contributed by atoms with Crippen molar-refractivity contribution in [2.45, 2.75) is 6.42 Å². The van der Waals surface area contributed by atoms with Crippen molar-refractivity contribution in [2.75, 3.05) is 13.2 Å². The fraction of sp³-hybridized carbons (Fsp3) is 0.750. The topological polar surface area (TPSA) is 26.3 Å². The van der Waals surface area contributed by atoms with Gasteiger partial charge in [-0.05, 0) is 6.42 Å². The average Bonchev–Trinajstić information content (AvgIpc) is 1.36. The van der Waals surface area contributed by atoms with E-state index in [1.807, 2.05) is 6.79 Å². The molecule has 0 aromatic carbocycles. The van der Waals surface area contributed by atoms with Crippen LogP contribution in [0, 0.1) is 0 Å². The Hall–Kier alpha value is -0.370. The molecule has 0 aliphatic carbocycles. The van der Waals surface area contributed by atoms with Gasteiger partial charge in [0.05, 0.1) is 0 Å². The van der Waals surface area contributed by atoms with Crippen LogP contribution >= 0.6 is 0 Å². The van der Waals surface area contributed by atoms with Crippen molar-refractivity contribution in [3.63, 3.8) is 0 Å². The normalized spacial score (nSPS) is 16.7. The van der Waals surface area contributed by atoms with Crippen LogP contribution in [-0.4, -0.2) is 20.0 Å². The largest absolute Gasteiger partial charge is 0.381 e. The molecule has 0 saturated carbocycles. The summed E-state index contributed by atoms with van der Waals surface area (Å²) in [6.45, 7) is 4.00. The van der Waals surface area contributed by atoms with E-state index in [4.69, 9.17) is 9.53 Å². The van der Waals surface area contributed by atoms with Gasteiger partial charge in [0, 0.05) is 13.2 Å². The fourth-order valence-electron chi connectivity index (χ4n) is 0.144. The maximum absolute atomic E-state index is 8.00. The van der Waals surface area contributed by atoms with Gasteiger partial charge in [-0.1, -0.05) is 0 Å². The first kappa shape index (κ1) is 5.63. The van der Waals surface area contributed by atoms with Crippen LogP contribution in [0.1, 0.15) is 6.42 Å². The number of ether oxygens (including phenoxy) is 1. The second-order valence-electron chi connectivity index (χ2n) is 0.966. The molecule has 1 fully saturated rings. The molecule has 1 aliphatic heterocycles. The van der Waals surface area contributed by atoms with Gasteiger partial charge in [-0.25, -0.2) is 0 Å². The molecule has 0 N–H and O–H groups in total. The molecule has 0 aromatic heterocycles. The van der Waals surface area contributed by atoms with Gasteiger partial charge >= 0.3 is 0 Å². The lowest BCUT2D eigenvalue weighted by Crippen LogP contribution is -2.09. The van der Waals surface area contributed by atoms with Crippen LogP contribution in [0.3, 0.4) is 0 Å². The van der Waals surface area contributed by atoms with Gasteiger partial charge in [-0.2, -0.15) is 0 Å². The van der Waals surface area contributed by atoms with Gasteiger partial charge in [0.2, 0.25) is 0 Å². The molecular weight excluding hydrogens is 80.0 g/mol. The zero-order chi connectivity index (χ0) is 4.83. The summed E-state index contributed by atoms with van der Waals surface area (Å²) in [6.07, 6.45) is 1.28. The van der Waals surface area contributed by atoms with Crippen molar-refractivity contribution < 1.29 is 9.53 Å². The lowest BCUT2D eigenvalue weighted by molar-refractivity contribution is -0.0979. The van der Waals surface area contributed by atoms with Crippen molar-refractivity contribution in [1.29, 1.82) is 0 Å². The Morgan fingerprint density at radius 3 is 1.50 bits per heavy atom. The van der Waals surface area contributed by atoms with E-state index in [1.165, 1.54) is 6.42 Å². The van der Waals surface area contributed by atoms with Crippen molar-refractivity contribution in [2.24, 2.45) is 0 Å². The predicted octanol–water partition coefficient (Wildman–Crippen LogP) is 0.222. The summed E-state index contributed by atoms with van der Waals surface area (Å²) in [5.74, 6) is 0. The van der Waals surface area contributed by atoms with Crippen LogP contribution in [0.15, 0.2) is 0 Å². The van der Waals surface area contributed by atoms with Gasteiger partial charge in [0.15, 0.2) is 0 Å². The second-order valence-corrected chi connectivity index (χ2v) is 0.966. The molecule has 0 unspecified atom stereocenters. The van der Waals surface area contributed by atoms with E-state index in [0.717, 1.165) is 13.2 Å². The molecule has 1 aliphatic rings. The zero-order valence-corrected chi connectivity index (χ0v) is 3.64. The molecule has 0 atom stereocenters. The minimum atomic E-state index is 1.00. The summed E-state index contributed by atoms with van der Waals surface area (Å²) in [6, 6.07) is 0. The minimum Gasteiger partial charge on any atom is -0.381 e. The van der Waals surface area contributed by atoms with Crippen LogP contribution in [0.25, 0.3) is 0 Å². The molecule has 0 amide bonds. The predicted molar refractivity (Wildman–Crippen MR) is 22.6 cm³/mol. The van der Waals surface area contributed by atoms with Crippen molar-refractivity contribution in [3.8, 4) is 0 Å². The SMILES string of the molecule is C1COC1.C=O. The maximum Gasteiger partial charge on any atom is 0.106 e. The van der Waals surface area contributed by atoms with E-state index in [1.54, 1.807) is 0 Å². The summed E-state index contributed by atoms with van der Waals surface area (Å²) in [5.41, 5.74) is 0. The van der Waals surface area contributed by atoms with E-state index in [0.29, 0.717) is 0 Å². The van der Waals surface area contributed by atoms with Gasteiger partial charge < -0.3 is 9.53 Å². The number of hydrogen-bond donors (Lipinski definition) is 0. The summed E-state index contributed by atoms with van der Waals surface area (Å²) in [4.78, 5) is 8.00. The smallest absolute Gasteiger partial charge is 0.106 e. The van der Waals surface area contributed by atoms with E-state index >= 15 is 0 Å². The Kier molecular flexibility index (Phi) is 4.34. The molecule has 1 heterocycles. The van der Waals surface area contributed by atoms with Gasteiger partial charge in [0.1, 0.15) is 6.79 Å². The fourth-order valence-corrected chi connectivity index (χ4v) is 0.144. The monoisotopic (exact) mass is 88.1 g/mol. The molecular formula is C4H8O2. The standard InChI is InChI=1S/C3H6O.CH2O/c1-2-4-3-1;1-2/h1-3H2;1H2. The maximum atomic E-state index is 8.00. The van der Waals surface area contributed by atoms with Crippen molar-refractivity contribution in [3.05, 3.63) is 0 Å². The third-order valence-corrected chi connectivity index (χ3v) is 0.577. The van der Waals surface area contributed by atoms with E-state index in [-0.39, 0.29) is 0 Å². The van der Waals surface area contributed by atoms with Crippen LogP contribution in [0.5, 0.6) is 0 Å². The summed E-state index contributed by atoms with van der Waals surface area (Å²) in [5, 5.41) is 0. The zero-order valence-electron chi connectivity index (χ0n) is 3.64. The lowest BCUT2D eigenvalue weighted by Gasteiger charge is -2.09. The summed E-state index contributed by atoms with van der Waals surface area (Å²) >= 11 is 0.